The SMILES string of the molecule is N[C@@H](Cc1cccc2c1CCCC2)C(=O)O. The normalized spacial score (nSPS) is 16.6. The molecule has 0 saturated carbocycles. The Kier molecular flexibility index (Phi) is 3.25. The number of carbonyl (C=O) groups is 1. The van der Waals surface area contributed by atoms with E-state index in [1.807, 2.05) is 12.1 Å². The van der Waals surface area contributed by atoms with E-state index in [-0.39, 0.29) is 0 Å². The first-order valence-electron chi connectivity index (χ1n) is 5.76. The predicted octanol–water partition coefficient (Wildman–Crippen LogP) is 1.52. The van der Waals surface area contributed by atoms with Gasteiger partial charge in [0.15, 0.2) is 0 Å². The number of carboxylic acids is 1. The molecule has 3 nitrogen and oxygen atoms in total. The Labute approximate surface area is 95.3 Å². The van der Waals surface area contributed by atoms with Crippen molar-refractivity contribution in [3.63, 3.8) is 0 Å². The van der Waals surface area contributed by atoms with Crippen molar-refractivity contribution in [1.29, 1.82) is 0 Å². The van der Waals surface area contributed by atoms with Crippen LogP contribution in [0, 0.1) is 0 Å². The van der Waals surface area contributed by atoms with Crippen molar-refractivity contribution >= 4 is 5.97 Å². The van der Waals surface area contributed by atoms with Crippen molar-refractivity contribution in [2.45, 2.75) is 38.1 Å². The number of nitrogens with two attached hydrogens (primary N) is 1. The van der Waals surface area contributed by atoms with Crippen LogP contribution >= 0.6 is 0 Å². The first kappa shape index (κ1) is 11.1. The second-order valence-corrected chi connectivity index (χ2v) is 4.41. The highest BCUT2D eigenvalue weighted by Crippen LogP contribution is 2.25. The van der Waals surface area contributed by atoms with Crippen molar-refractivity contribution in [2.75, 3.05) is 0 Å². The lowest BCUT2D eigenvalue weighted by molar-refractivity contribution is -0.138. The number of aliphatic carboxylic acids is 1. The molecule has 16 heavy (non-hydrogen) atoms. The molecule has 1 aliphatic carbocycles. The van der Waals surface area contributed by atoms with Crippen molar-refractivity contribution in [2.24, 2.45) is 5.73 Å². The molecule has 3 heteroatoms. The Morgan fingerprint density at radius 2 is 2.12 bits per heavy atom. The Hall–Kier alpha value is -1.35. The lowest BCUT2D eigenvalue weighted by Gasteiger charge is -2.20. The van der Waals surface area contributed by atoms with Gasteiger partial charge in [-0.15, -0.1) is 0 Å². The zero-order valence-corrected chi connectivity index (χ0v) is 9.28. The monoisotopic (exact) mass is 219 g/mol. The molecule has 1 aliphatic rings. The molecule has 1 aromatic rings. The lowest BCUT2D eigenvalue weighted by Crippen LogP contribution is -2.32. The third-order valence-electron chi connectivity index (χ3n) is 3.25. The van der Waals surface area contributed by atoms with Crippen LogP contribution in [0.1, 0.15) is 29.5 Å². The van der Waals surface area contributed by atoms with E-state index < -0.39 is 12.0 Å². The molecule has 0 aliphatic heterocycles. The highest BCUT2D eigenvalue weighted by atomic mass is 16.4. The Bertz CT molecular complexity index is 401. The molecule has 1 atom stereocenters. The van der Waals surface area contributed by atoms with Gasteiger partial charge < -0.3 is 10.8 Å². The van der Waals surface area contributed by atoms with Gasteiger partial charge in [0.1, 0.15) is 6.04 Å². The maximum atomic E-state index is 10.7. The molecule has 1 aromatic carbocycles. The van der Waals surface area contributed by atoms with Gasteiger partial charge in [0, 0.05) is 0 Å². The molecule has 0 saturated heterocycles. The van der Waals surface area contributed by atoms with Crippen molar-refractivity contribution in [3.8, 4) is 0 Å². The van der Waals surface area contributed by atoms with Crippen LogP contribution in [0.4, 0.5) is 0 Å². The van der Waals surface area contributed by atoms with Gasteiger partial charge >= 0.3 is 5.97 Å². The van der Waals surface area contributed by atoms with Gasteiger partial charge in [0.2, 0.25) is 0 Å². The van der Waals surface area contributed by atoms with Crippen molar-refractivity contribution < 1.29 is 9.90 Å². The fraction of sp³-hybridized carbons (Fsp3) is 0.462. The second kappa shape index (κ2) is 4.66. The summed E-state index contributed by atoms with van der Waals surface area (Å²) in [5.74, 6) is -0.923. The van der Waals surface area contributed by atoms with E-state index >= 15 is 0 Å². The topological polar surface area (TPSA) is 63.3 Å². The molecule has 0 unspecified atom stereocenters. The van der Waals surface area contributed by atoms with Crippen LogP contribution in [0.2, 0.25) is 0 Å². The average molecular weight is 219 g/mol. The molecule has 0 heterocycles. The highest BCUT2D eigenvalue weighted by molar-refractivity contribution is 5.73. The smallest absolute Gasteiger partial charge is 0.320 e. The van der Waals surface area contributed by atoms with Crippen molar-refractivity contribution in [3.05, 3.63) is 34.9 Å². The minimum atomic E-state index is -0.923. The minimum absolute atomic E-state index is 0.443. The van der Waals surface area contributed by atoms with Gasteiger partial charge in [-0.2, -0.15) is 0 Å². The Morgan fingerprint density at radius 1 is 1.38 bits per heavy atom. The van der Waals surface area contributed by atoms with E-state index in [4.69, 9.17) is 10.8 Å². The number of aryl methyl sites for hydroxylation is 1. The number of benzene rings is 1. The summed E-state index contributed by atoms with van der Waals surface area (Å²) in [5, 5.41) is 8.82. The van der Waals surface area contributed by atoms with Crippen LogP contribution in [0.15, 0.2) is 18.2 Å². The summed E-state index contributed by atoms with van der Waals surface area (Å²) in [5.41, 5.74) is 9.41. The van der Waals surface area contributed by atoms with Crippen LogP contribution in [-0.2, 0) is 24.1 Å². The first-order valence-corrected chi connectivity index (χ1v) is 5.76. The fourth-order valence-corrected chi connectivity index (χ4v) is 2.38. The van der Waals surface area contributed by atoms with Crippen LogP contribution in [0.3, 0.4) is 0 Å². The lowest BCUT2D eigenvalue weighted by atomic mass is 9.86. The van der Waals surface area contributed by atoms with E-state index in [9.17, 15) is 4.79 Å². The van der Waals surface area contributed by atoms with E-state index in [1.54, 1.807) is 0 Å². The van der Waals surface area contributed by atoms with Gasteiger partial charge in [-0.1, -0.05) is 18.2 Å². The molecule has 0 fully saturated rings. The summed E-state index contributed by atoms with van der Waals surface area (Å²) >= 11 is 0. The molecule has 0 aromatic heterocycles. The predicted molar refractivity (Wildman–Crippen MR) is 62.4 cm³/mol. The van der Waals surface area contributed by atoms with Crippen LogP contribution in [0.5, 0.6) is 0 Å². The number of fused-ring (bicyclic) bond motifs is 1. The van der Waals surface area contributed by atoms with Crippen LogP contribution < -0.4 is 5.73 Å². The van der Waals surface area contributed by atoms with Crippen molar-refractivity contribution in [1.82, 2.24) is 0 Å². The molecule has 2 rings (SSSR count). The number of hydrogen-bond donors (Lipinski definition) is 2. The standard InChI is InChI=1S/C13H17NO2/c14-12(13(15)16)8-10-6-3-5-9-4-1-2-7-11(9)10/h3,5-6,12H,1-2,4,7-8,14H2,(H,15,16)/t12-/m0/s1. The average Bonchev–Trinajstić information content (AvgIpc) is 2.29. The summed E-state index contributed by atoms with van der Waals surface area (Å²) in [7, 11) is 0. The maximum absolute atomic E-state index is 10.7. The molecular weight excluding hydrogens is 202 g/mol. The summed E-state index contributed by atoms with van der Waals surface area (Å²) in [6.45, 7) is 0. The van der Waals surface area contributed by atoms with E-state index in [2.05, 4.69) is 6.07 Å². The number of rotatable bonds is 3. The van der Waals surface area contributed by atoms with Gasteiger partial charge in [-0.25, -0.2) is 0 Å². The van der Waals surface area contributed by atoms with Crippen LogP contribution in [0.25, 0.3) is 0 Å². The zero-order chi connectivity index (χ0) is 11.5. The van der Waals surface area contributed by atoms with Gasteiger partial charge in [-0.05, 0) is 48.8 Å². The molecule has 0 amide bonds. The molecule has 0 bridgehead atoms. The Balaban J connectivity index is 2.24. The zero-order valence-electron chi connectivity index (χ0n) is 9.28. The number of hydrogen-bond acceptors (Lipinski definition) is 2. The van der Waals surface area contributed by atoms with Gasteiger partial charge in [0.25, 0.3) is 0 Å². The molecule has 0 spiro atoms. The largest absolute Gasteiger partial charge is 0.480 e. The van der Waals surface area contributed by atoms with Gasteiger partial charge in [-0.3, -0.25) is 4.79 Å². The van der Waals surface area contributed by atoms with E-state index in [0.29, 0.717) is 6.42 Å². The maximum Gasteiger partial charge on any atom is 0.320 e. The molecule has 3 N–H and O–H groups in total. The first-order chi connectivity index (χ1) is 7.68. The minimum Gasteiger partial charge on any atom is -0.480 e. The van der Waals surface area contributed by atoms with E-state index in [0.717, 1.165) is 18.4 Å². The molecule has 86 valence electrons. The second-order valence-electron chi connectivity index (χ2n) is 4.41. The highest BCUT2D eigenvalue weighted by Gasteiger charge is 2.17. The summed E-state index contributed by atoms with van der Waals surface area (Å²) in [4.78, 5) is 10.7. The molecule has 0 radical (unpaired) electrons. The Morgan fingerprint density at radius 3 is 2.88 bits per heavy atom. The number of carboxylic acid groups (broad SMARTS) is 1. The van der Waals surface area contributed by atoms with Gasteiger partial charge in [0.05, 0.1) is 0 Å². The molecular formula is C13H17NO2. The summed E-state index contributed by atoms with van der Waals surface area (Å²) in [6.07, 6.45) is 5.07. The third kappa shape index (κ3) is 2.25. The quantitative estimate of drug-likeness (QED) is 0.810. The summed E-state index contributed by atoms with van der Waals surface area (Å²) in [6, 6.07) is 5.37. The van der Waals surface area contributed by atoms with Crippen LogP contribution in [-0.4, -0.2) is 17.1 Å². The summed E-state index contributed by atoms with van der Waals surface area (Å²) < 4.78 is 0. The fourth-order valence-electron chi connectivity index (χ4n) is 2.38. The van der Waals surface area contributed by atoms with E-state index in [1.165, 1.54) is 24.0 Å². The third-order valence-corrected chi connectivity index (χ3v) is 3.25.